The van der Waals surface area contributed by atoms with Crippen LogP contribution in [0.25, 0.3) is 100 Å². The zero-order valence-electron chi connectivity index (χ0n) is 34.2. The van der Waals surface area contributed by atoms with E-state index in [9.17, 15) is 4.39 Å². The standard InChI is InChI=1S/C59H41FN2/c1-40-34-49(53-17-9-8-16-52(53)48-30-33-58(61-38-48)47-28-31-51(60)32-29-47)36-50(35-40)54-18-10-11-19-55(54)57-39-62-59(46-14-6-3-7-15-46)37-56(57)45-26-24-44(25-27-45)43-22-20-42(21-23-43)41-12-4-2-5-13-41/h2-39H,1H3. The van der Waals surface area contributed by atoms with E-state index in [1.54, 1.807) is 12.1 Å². The smallest absolute Gasteiger partial charge is 0.123 e. The summed E-state index contributed by atoms with van der Waals surface area (Å²) in [4.78, 5) is 9.86. The highest BCUT2D eigenvalue weighted by molar-refractivity contribution is 5.94. The summed E-state index contributed by atoms with van der Waals surface area (Å²) in [6.45, 7) is 2.16. The van der Waals surface area contributed by atoms with Gasteiger partial charge in [-0.25, -0.2) is 4.39 Å². The Kier molecular flexibility index (Phi) is 10.4. The fourth-order valence-electron chi connectivity index (χ4n) is 8.40. The van der Waals surface area contributed by atoms with E-state index in [2.05, 4.69) is 183 Å². The number of nitrogens with zero attached hydrogens (tertiary/aromatic N) is 2. The molecule has 0 aliphatic carbocycles. The molecule has 10 rings (SSSR count). The molecule has 0 unspecified atom stereocenters. The number of benzene rings is 8. The maximum atomic E-state index is 13.6. The maximum Gasteiger partial charge on any atom is 0.123 e. The summed E-state index contributed by atoms with van der Waals surface area (Å²) in [5.74, 6) is -0.260. The molecule has 0 spiro atoms. The molecule has 2 aromatic heterocycles. The van der Waals surface area contributed by atoms with Gasteiger partial charge in [-0.3, -0.25) is 9.97 Å². The van der Waals surface area contributed by atoms with Crippen LogP contribution in [-0.4, -0.2) is 9.97 Å². The first-order chi connectivity index (χ1) is 30.5. The van der Waals surface area contributed by atoms with Gasteiger partial charge in [-0.2, -0.15) is 0 Å². The van der Waals surface area contributed by atoms with Gasteiger partial charge >= 0.3 is 0 Å². The van der Waals surface area contributed by atoms with Crippen molar-refractivity contribution in [1.82, 2.24) is 9.97 Å². The van der Waals surface area contributed by atoms with Crippen LogP contribution in [0, 0.1) is 12.7 Å². The molecule has 62 heavy (non-hydrogen) atoms. The average molecular weight is 797 g/mol. The Morgan fingerprint density at radius 1 is 0.274 bits per heavy atom. The van der Waals surface area contributed by atoms with E-state index in [1.807, 2.05) is 30.6 Å². The van der Waals surface area contributed by atoms with Crippen LogP contribution >= 0.6 is 0 Å². The normalized spacial score (nSPS) is 11.1. The van der Waals surface area contributed by atoms with Crippen molar-refractivity contribution < 1.29 is 4.39 Å². The van der Waals surface area contributed by atoms with Gasteiger partial charge in [0.2, 0.25) is 0 Å². The highest BCUT2D eigenvalue weighted by Gasteiger charge is 2.17. The van der Waals surface area contributed by atoms with Crippen LogP contribution in [0.3, 0.4) is 0 Å². The molecule has 3 heteroatoms. The van der Waals surface area contributed by atoms with Crippen molar-refractivity contribution in [3.8, 4) is 100 Å². The molecule has 2 heterocycles. The first-order valence-corrected chi connectivity index (χ1v) is 20.9. The van der Waals surface area contributed by atoms with Gasteiger partial charge in [-0.1, -0.05) is 176 Å². The monoisotopic (exact) mass is 796 g/mol. The molecule has 10 aromatic rings. The fourth-order valence-corrected chi connectivity index (χ4v) is 8.40. The molecule has 2 nitrogen and oxygen atoms in total. The van der Waals surface area contributed by atoms with Crippen molar-refractivity contribution in [2.45, 2.75) is 6.92 Å². The van der Waals surface area contributed by atoms with Crippen molar-refractivity contribution >= 4 is 0 Å². The van der Waals surface area contributed by atoms with Crippen LogP contribution < -0.4 is 0 Å². The van der Waals surface area contributed by atoms with E-state index in [1.165, 1.54) is 34.4 Å². The number of pyridine rings is 2. The number of aryl methyl sites for hydroxylation is 1. The van der Waals surface area contributed by atoms with Gasteiger partial charge in [-0.05, 0) is 122 Å². The summed E-state index contributed by atoms with van der Waals surface area (Å²) in [5, 5.41) is 0. The topological polar surface area (TPSA) is 25.8 Å². The number of rotatable bonds is 9. The van der Waals surface area contributed by atoms with Crippen molar-refractivity contribution in [2.75, 3.05) is 0 Å². The molecular formula is C59H41FN2. The van der Waals surface area contributed by atoms with Crippen LogP contribution in [0.1, 0.15) is 5.56 Å². The minimum absolute atomic E-state index is 0.260. The second kappa shape index (κ2) is 16.9. The summed E-state index contributed by atoms with van der Waals surface area (Å²) < 4.78 is 13.6. The number of halogens is 1. The van der Waals surface area contributed by atoms with Crippen LogP contribution in [0.4, 0.5) is 4.39 Å². The van der Waals surface area contributed by atoms with Crippen LogP contribution in [-0.2, 0) is 0 Å². The molecule has 0 amide bonds. The van der Waals surface area contributed by atoms with Gasteiger partial charge in [-0.15, -0.1) is 0 Å². The molecule has 0 atom stereocenters. The number of aromatic nitrogens is 2. The van der Waals surface area contributed by atoms with E-state index >= 15 is 0 Å². The van der Waals surface area contributed by atoms with E-state index in [0.717, 1.165) is 83.7 Å². The SMILES string of the molecule is Cc1cc(-c2ccccc2-c2ccc(-c3ccc(F)cc3)nc2)cc(-c2ccccc2-c2cnc(-c3ccccc3)cc2-c2ccc(-c3ccc(-c4ccccc4)cc3)cc2)c1. The molecule has 0 aliphatic rings. The Labute approximate surface area is 362 Å². The van der Waals surface area contributed by atoms with E-state index in [-0.39, 0.29) is 5.82 Å². The lowest BCUT2D eigenvalue weighted by Gasteiger charge is -2.18. The third-order valence-electron chi connectivity index (χ3n) is 11.6. The van der Waals surface area contributed by atoms with Crippen molar-refractivity contribution in [3.05, 3.63) is 242 Å². The molecule has 0 saturated carbocycles. The van der Waals surface area contributed by atoms with Crippen molar-refractivity contribution in [3.63, 3.8) is 0 Å². The fraction of sp³-hybridized carbons (Fsp3) is 0.0169. The predicted molar refractivity (Wildman–Crippen MR) is 256 cm³/mol. The highest BCUT2D eigenvalue weighted by atomic mass is 19.1. The van der Waals surface area contributed by atoms with Gasteiger partial charge < -0.3 is 0 Å². The Morgan fingerprint density at radius 3 is 1.26 bits per heavy atom. The minimum Gasteiger partial charge on any atom is -0.256 e. The van der Waals surface area contributed by atoms with E-state index < -0.39 is 0 Å². The van der Waals surface area contributed by atoms with Gasteiger partial charge in [0.25, 0.3) is 0 Å². The zero-order valence-corrected chi connectivity index (χ0v) is 34.2. The molecule has 8 aromatic carbocycles. The van der Waals surface area contributed by atoms with Gasteiger partial charge in [0.1, 0.15) is 5.82 Å². The summed E-state index contributed by atoms with van der Waals surface area (Å²) in [7, 11) is 0. The summed E-state index contributed by atoms with van der Waals surface area (Å²) in [5.41, 5.74) is 20.6. The molecule has 0 aliphatic heterocycles. The van der Waals surface area contributed by atoms with Crippen LogP contribution in [0.5, 0.6) is 0 Å². The molecule has 0 N–H and O–H groups in total. The lowest BCUT2D eigenvalue weighted by molar-refractivity contribution is 0.628. The quantitative estimate of drug-likeness (QED) is 0.145. The Bertz CT molecular complexity index is 3140. The Morgan fingerprint density at radius 2 is 0.694 bits per heavy atom. The lowest BCUT2D eigenvalue weighted by atomic mass is 9.87. The first-order valence-electron chi connectivity index (χ1n) is 20.9. The summed E-state index contributed by atoms with van der Waals surface area (Å²) >= 11 is 0. The summed E-state index contributed by atoms with van der Waals surface area (Å²) in [6, 6.07) is 75.4. The number of hydrogen-bond donors (Lipinski definition) is 0. The molecule has 0 bridgehead atoms. The van der Waals surface area contributed by atoms with E-state index in [4.69, 9.17) is 9.97 Å². The highest BCUT2D eigenvalue weighted by Crippen LogP contribution is 2.42. The molecule has 0 saturated heterocycles. The average Bonchev–Trinajstić information content (AvgIpc) is 3.34. The third kappa shape index (κ3) is 7.88. The number of hydrogen-bond acceptors (Lipinski definition) is 2. The van der Waals surface area contributed by atoms with Gasteiger partial charge in [0.15, 0.2) is 0 Å². The molecule has 0 radical (unpaired) electrons. The molecule has 0 fully saturated rings. The Balaban J connectivity index is 1.03. The van der Waals surface area contributed by atoms with Crippen molar-refractivity contribution in [2.24, 2.45) is 0 Å². The molecule has 294 valence electrons. The molecular weight excluding hydrogens is 756 g/mol. The third-order valence-corrected chi connectivity index (χ3v) is 11.6. The van der Waals surface area contributed by atoms with Gasteiger partial charge in [0, 0.05) is 34.6 Å². The predicted octanol–water partition coefficient (Wildman–Crippen LogP) is 15.9. The lowest BCUT2D eigenvalue weighted by Crippen LogP contribution is -1.94. The summed E-state index contributed by atoms with van der Waals surface area (Å²) in [6.07, 6.45) is 3.95. The second-order valence-corrected chi connectivity index (χ2v) is 15.6. The first kappa shape index (κ1) is 38.2. The van der Waals surface area contributed by atoms with Crippen molar-refractivity contribution in [1.29, 1.82) is 0 Å². The van der Waals surface area contributed by atoms with E-state index in [0.29, 0.717) is 0 Å². The Hall–Kier alpha value is -8.01. The van der Waals surface area contributed by atoms with Crippen LogP contribution in [0.2, 0.25) is 0 Å². The minimum atomic E-state index is -0.260. The second-order valence-electron chi connectivity index (χ2n) is 15.6. The maximum absolute atomic E-state index is 13.6. The zero-order chi connectivity index (χ0) is 41.8. The van der Waals surface area contributed by atoms with Gasteiger partial charge in [0.05, 0.1) is 11.4 Å². The largest absolute Gasteiger partial charge is 0.256 e. The van der Waals surface area contributed by atoms with Crippen LogP contribution in [0.15, 0.2) is 231 Å².